The van der Waals surface area contributed by atoms with Gasteiger partial charge in [-0.15, -0.1) is 0 Å². The first-order valence-electron chi connectivity index (χ1n) is 10.5. The lowest BCUT2D eigenvalue weighted by atomic mass is 9.81. The van der Waals surface area contributed by atoms with E-state index in [2.05, 4.69) is 6.58 Å². The summed E-state index contributed by atoms with van der Waals surface area (Å²) in [5.74, 6) is -3.94. The van der Waals surface area contributed by atoms with Gasteiger partial charge in [0.2, 0.25) is 0 Å². The number of rotatable bonds is 4. The summed E-state index contributed by atoms with van der Waals surface area (Å²) >= 11 is 0. The molecule has 10 nitrogen and oxygen atoms in total. The van der Waals surface area contributed by atoms with Crippen molar-refractivity contribution in [2.24, 2.45) is 5.92 Å². The van der Waals surface area contributed by atoms with Gasteiger partial charge >= 0.3 is 23.9 Å². The third-order valence-electron chi connectivity index (χ3n) is 6.61. The van der Waals surface area contributed by atoms with E-state index in [0.717, 1.165) is 6.92 Å². The molecule has 1 aliphatic carbocycles. The Morgan fingerprint density at radius 1 is 1.15 bits per heavy atom. The molecule has 0 radical (unpaired) electrons. The maximum absolute atomic E-state index is 13.0. The maximum atomic E-state index is 13.0. The van der Waals surface area contributed by atoms with E-state index in [1.807, 2.05) is 0 Å². The molecule has 3 fully saturated rings. The van der Waals surface area contributed by atoms with Crippen molar-refractivity contribution in [2.75, 3.05) is 7.11 Å². The van der Waals surface area contributed by atoms with E-state index in [9.17, 15) is 19.2 Å². The van der Waals surface area contributed by atoms with Gasteiger partial charge < -0.3 is 28.4 Å². The molecule has 3 heterocycles. The molecule has 8 atom stereocenters. The predicted molar refractivity (Wildman–Crippen MR) is 109 cm³/mol. The van der Waals surface area contributed by atoms with Crippen LogP contribution in [0.4, 0.5) is 0 Å². The van der Waals surface area contributed by atoms with Crippen LogP contribution in [0.15, 0.2) is 36.0 Å². The molecule has 0 aromatic heterocycles. The summed E-state index contributed by atoms with van der Waals surface area (Å²) in [5, 5.41) is 0. The monoisotopic (exact) mass is 462 g/mol. The lowest BCUT2D eigenvalue weighted by Gasteiger charge is -2.33. The molecule has 178 valence electrons. The number of allylic oxidation sites excluding steroid dienone is 2. The third-order valence-corrected chi connectivity index (χ3v) is 6.61. The molecule has 33 heavy (non-hydrogen) atoms. The van der Waals surface area contributed by atoms with Crippen molar-refractivity contribution in [1.82, 2.24) is 0 Å². The highest BCUT2D eigenvalue weighted by Gasteiger charge is 2.65. The zero-order valence-electron chi connectivity index (χ0n) is 19.0. The van der Waals surface area contributed by atoms with Crippen molar-refractivity contribution in [1.29, 1.82) is 0 Å². The molecule has 0 aromatic carbocycles. The Kier molecular flexibility index (Phi) is 5.49. The fourth-order valence-electron chi connectivity index (χ4n) is 4.35. The van der Waals surface area contributed by atoms with Gasteiger partial charge in [-0.25, -0.2) is 14.4 Å². The first kappa shape index (κ1) is 23.2. The molecule has 3 saturated heterocycles. The minimum atomic E-state index is -1.41. The summed E-state index contributed by atoms with van der Waals surface area (Å²) in [7, 11) is 1.17. The number of esters is 4. The van der Waals surface area contributed by atoms with E-state index >= 15 is 0 Å². The van der Waals surface area contributed by atoms with Gasteiger partial charge in [-0.1, -0.05) is 18.7 Å². The van der Waals surface area contributed by atoms with Crippen molar-refractivity contribution in [3.8, 4) is 0 Å². The number of carbonyl (C=O) groups excluding carboxylic acids is 4. The second-order valence-electron chi connectivity index (χ2n) is 8.88. The average Bonchev–Trinajstić information content (AvgIpc) is 3.57. The van der Waals surface area contributed by atoms with E-state index < -0.39 is 71.5 Å². The summed E-state index contributed by atoms with van der Waals surface area (Å²) < 4.78 is 32.9. The van der Waals surface area contributed by atoms with Crippen LogP contribution in [-0.4, -0.2) is 72.7 Å². The molecular weight excluding hydrogens is 436 g/mol. The van der Waals surface area contributed by atoms with Gasteiger partial charge in [-0.3, -0.25) is 4.79 Å². The number of fused-ring (bicyclic) bond motifs is 3. The van der Waals surface area contributed by atoms with Crippen molar-refractivity contribution >= 4 is 23.9 Å². The molecule has 0 spiro atoms. The first-order valence-corrected chi connectivity index (χ1v) is 10.5. The van der Waals surface area contributed by atoms with Crippen LogP contribution in [0.1, 0.15) is 27.7 Å². The number of epoxide rings is 2. The van der Waals surface area contributed by atoms with Gasteiger partial charge in [0, 0.05) is 12.5 Å². The summed E-state index contributed by atoms with van der Waals surface area (Å²) in [6.07, 6.45) is 0.0606. The fraction of sp³-hybridized carbons (Fsp3) is 0.565. The van der Waals surface area contributed by atoms with E-state index in [1.54, 1.807) is 32.9 Å². The largest absolute Gasteiger partial charge is 0.466 e. The van der Waals surface area contributed by atoms with Crippen molar-refractivity contribution in [2.45, 2.75) is 69.4 Å². The molecule has 4 rings (SSSR count). The number of methoxy groups -OCH3 is 1. The van der Waals surface area contributed by atoms with Gasteiger partial charge in [0.05, 0.1) is 24.7 Å². The van der Waals surface area contributed by atoms with Gasteiger partial charge in [0.1, 0.15) is 17.8 Å². The summed E-state index contributed by atoms with van der Waals surface area (Å²) in [4.78, 5) is 50.3. The number of hydrogen-bond acceptors (Lipinski definition) is 10. The normalized spacial score (nSPS) is 43.6. The Labute approximate surface area is 190 Å². The van der Waals surface area contributed by atoms with Gasteiger partial charge in [0.25, 0.3) is 0 Å². The molecule has 4 aliphatic rings. The van der Waals surface area contributed by atoms with Crippen LogP contribution in [0.2, 0.25) is 0 Å². The SMILES string of the molecule is C=C1C(=O)O[C@H]2[C@@H]1[C@H](OC(=O)[C@@]1(C)O[C@@H]1C)[C@H](OC(C)=O)/C(C(=O)OC)=C\C=C/[C@@]1(C)O[C@@H]21. The van der Waals surface area contributed by atoms with Crippen LogP contribution in [0.5, 0.6) is 0 Å². The number of ether oxygens (including phenoxy) is 6. The molecule has 0 amide bonds. The summed E-state index contributed by atoms with van der Waals surface area (Å²) in [6, 6.07) is 0. The van der Waals surface area contributed by atoms with Gasteiger partial charge in [0.15, 0.2) is 17.8 Å². The lowest BCUT2D eigenvalue weighted by molar-refractivity contribution is -0.174. The first-order chi connectivity index (χ1) is 15.4. The number of hydrogen-bond donors (Lipinski definition) is 0. The molecule has 0 saturated carbocycles. The smallest absolute Gasteiger partial charge is 0.341 e. The second-order valence-corrected chi connectivity index (χ2v) is 8.88. The lowest BCUT2D eigenvalue weighted by Crippen LogP contribution is -2.49. The van der Waals surface area contributed by atoms with Crippen LogP contribution in [0.25, 0.3) is 0 Å². The summed E-state index contributed by atoms with van der Waals surface area (Å²) in [6.45, 7) is 10.0. The quantitative estimate of drug-likeness (QED) is 0.257. The molecule has 0 aromatic rings. The van der Waals surface area contributed by atoms with Crippen LogP contribution in [0.3, 0.4) is 0 Å². The van der Waals surface area contributed by atoms with Gasteiger partial charge in [-0.05, 0) is 26.8 Å². The molecule has 0 unspecified atom stereocenters. The van der Waals surface area contributed by atoms with E-state index in [0.29, 0.717) is 0 Å². The highest BCUT2D eigenvalue weighted by molar-refractivity contribution is 5.93. The van der Waals surface area contributed by atoms with Crippen LogP contribution in [-0.2, 0) is 47.6 Å². The maximum Gasteiger partial charge on any atom is 0.341 e. The van der Waals surface area contributed by atoms with Crippen LogP contribution >= 0.6 is 0 Å². The third kappa shape index (κ3) is 3.87. The van der Waals surface area contributed by atoms with Crippen molar-refractivity contribution in [3.63, 3.8) is 0 Å². The van der Waals surface area contributed by atoms with Crippen molar-refractivity contribution < 1.29 is 47.6 Å². The zero-order chi connectivity index (χ0) is 24.3. The zero-order valence-corrected chi connectivity index (χ0v) is 19.0. The Bertz CT molecular complexity index is 995. The Morgan fingerprint density at radius 2 is 1.82 bits per heavy atom. The highest BCUT2D eigenvalue weighted by atomic mass is 16.7. The van der Waals surface area contributed by atoms with E-state index in [1.165, 1.54) is 13.2 Å². The summed E-state index contributed by atoms with van der Waals surface area (Å²) in [5.41, 5.74) is -2.08. The molecular formula is C23H26O10. The number of carbonyl (C=O) groups is 4. The molecule has 10 heteroatoms. The second kappa shape index (κ2) is 7.81. The topological polar surface area (TPSA) is 130 Å². The van der Waals surface area contributed by atoms with Crippen molar-refractivity contribution in [3.05, 3.63) is 36.0 Å². The highest BCUT2D eigenvalue weighted by Crippen LogP contribution is 2.49. The van der Waals surface area contributed by atoms with Crippen LogP contribution < -0.4 is 0 Å². The molecule has 0 bridgehead atoms. The van der Waals surface area contributed by atoms with Gasteiger partial charge in [-0.2, -0.15) is 0 Å². The Balaban J connectivity index is 1.85. The fourth-order valence-corrected chi connectivity index (χ4v) is 4.35. The van der Waals surface area contributed by atoms with E-state index in [-0.39, 0.29) is 11.1 Å². The van der Waals surface area contributed by atoms with E-state index in [4.69, 9.17) is 28.4 Å². The minimum absolute atomic E-state index is 0.0106. The van der Waals surface area contributed by atoms with Crippen LogP contribution in [0, 0.1) is 5.92 Å². The molecule has 0 N–H and O–H groups in total. The Morgan fingerprint density at radius 3 is 2.39 bits per heavy atom. The Hall–Kier alpha value is -2.98. The standard InChI is InChI=1S/C23H26O10/c1-10-14-16(31-21(27)23(5)11(2)32-23)15(29-12(3)24)13(20(26)28-6)8-7-9-22(4)18(33-22)17(14)30-19(10)25/h7-9,11,14-18H,1H2,2-6H3/b9-7-,13-8+/t11-,14+,15-,16+,17+,18+,22-,23+/m1/s1. The predicted octanol–water partition coefficient (Wildman–Crippen LogP) is 0.932. The average molecular weight is 462 g/mol. The minimum Gasteiger partial charge on any atom is -0.466 e. The molecule has 3 aliphatic heterocycles.